The number of fused-ring (bicyclic) bond motifs is 6. The highest BCUT2D eigenvalue weighted by molar-refractivity contribution is 6.35. The molecule has 0 spiro atoms. The van der Waals surface area contributed by atoms with E-state index in [1.54, 1.807) is 54.6 Å². The van der Waals surface area contributed by atoms with E-state index in [1.165, 1.54) is 60.7 Å². The van der Waals surface area contributed by atoms with Crippen LogP contribution < -0.4 is 0 Å². The Morgan fingerprint density at radius 3 is 1.26 bits per heavy atom. The van der Waals surface area contributed by atoms with Crippen LogP contribution in [0.1, 0.15) is 37.4 Å². The van der Waals surface area contributed by atoms with Gasteiger partial charge in [0.2, 0.25) is 0 Å². The number of benzene rings is 5. The first-order chi connectivity index (χ1) is 20.7. The quantitative estimate of drug-likeness (QED) is 0.188. The van der Waals surface area contributed by atoms with Gasteiger partial charge in [-0.2, -0.15) is 0 Å². The number of hydrogen-bond acceptors (Lipinski definition) is 4. The van der Waals surface area contributed by atoms with Crippen LogP contribution in [-0.2, 0) is 9.59 Å². The molecule has 7 heteroatoms. The minimum absolute atomic E-state index is 0.121. The van der Waals surface area contributed by atoms with Gasteiger partial charge in [0.1, 0.15) is 17.5 Å². The SMILES string of the molecule is C=Cc1ccc(F)cc1.O=C1C=CC(=O)C=C1.O=C1c2ccc3ccc(F)cc3c2C(=O)c2ccc3ccc(F)cc3c21. The highest BCUT2D eigenvalue weighted by Gasteiger charge is 2.32. The zero-order chi connectivity index (χ0) is 30.7. The number of allylic oxidation sites excluding steroid dienone is 4. The summed E-state index contributed by atoms with van der Waals surface area (Å²) in [5.74, 6) is -2.10. The monoisotopic (exact) mass is 574 g/mol. The number of rotatable bonds is 1. The van der Waals surface area contributed by atoms with Gasteiger partial charge in [0.05, 0.1) is 0 Å². The predicted octanol–water partition coefficient (Wildman–Crippen LogP) is 7.77. The first kappa shape index (κ1) is 28.8. The summed E-state index contributed by atoms with van der Waals surface area (Å²) < 4.78 is 39.7. The van der Waals surface area contributed by atoms with Gasteiger partial charge in [0.25, 0.3) is 0 Å². The molecule has 43 heavy (non-hydrogen) atoms. The Labute approximate surface area is 244 Å². The molecule has 0 atom stereocenters. The van der Waals surface area contributed by atoms with Gasteiger partial charge < -0.3 is 0 Å². The maximum absolute atomic E-state index is 13.7. The van der Waals surface area contributed by atoms with Gasteiger partial charge in [-0.1, -0.05) is 49.1 Å². The van der Waals surface area contributed by atoms with Gasteiger partial charge in [-0.05, 0) is 99.9 Å². The van der Waals surface area contributed by atoms with E-state index < -0.39 is 11.6 Å². The molecular formula is C36H21F3O4. The lowest BCUT2D eigenvalue weighted by molar-refractivity contribution is -0.113. The Kier molecular flexibility index (Phi) is 8.07. The Bertz CT molecular complexity index is 1900. The summed E-state index contributed by atoms with van der Waals surface area (Å²) in [4.78, 5) is 46.8. The lowest BCUT2D eigenvalue weighted by Crippen LogP contribution is -2.21. The third-order valence-corrected chi connectivity index (χ3v) is 6.84. The fourth-order valence-electron chi connectivity index (χ4n) is 4.76. The lowest BCUT2D eigenvalue weighted by Gasteiger charge is -2.20. The van der Waals surface area contributed by atoms with E-state index in [0.29, 0.717) is 21.5 Å². The summed E-state index contributed by atoms with van der Waals surface area (Å²) in [7, 11) is 0. The second-order valence-electron chi connectivity index (χ2n) is 9.59. The number of hydrogen-bond donors (Lipinski definition) is 0. The van der Waals surface area contributed by atoms with Crippen molar-refractivity contribution in [2.24, 2.45) is 0 Å². The van der Waals surface area contributed by atoms with Crippen molar-refractivity contribution in [1.82, 2.24) is 0 Å². The van der Waals surface area contributed by atoms with Crippen LogP contribution in [0.2, 0.25) is 0 Å². The molecule has 2 aliphatic rings. The molecule has 7 rings (SSSR count). The molecule has 0 amide bonds. The van der Waals surface area contributed by atoms with Gasteiger partial charge in [0, 0.05) is 22.3 Å². The van der Waals surface area contributed by atoms with E-state index in [1.807, 2.05) is 0 Å². The molecule has 210 valence electrons. The van der Waals surface area contributed by atoms with Crippen molar-refractivity contribution >= 4 is 50.8 Å². The van der Waals surface area contributed by atoms with Crippen molar-refractivity contribution in [2.45, 2.75) is 0 Å². The van der Waals surface area contributed by atoms with E-state index in [4.69, 9.17) is 0 Å². The average Bonchev–Trinajstić information content (AvgIpc) is 3.01. The minimum Gasteiger partial charge on any atom is -0.290 e. The molecule has 0 aromatic heterocycles. The molecule has 5 aromatic rings. The zero-order valence-electron chi connectivity index (χ0n) is 22.4. The van der Waals surface area contributed by atoms with Gasteiger partial charge in [0.15, 0.2) is 23.1 Å². The van der Waals surface area contributed by atoms with Crippen LogP contribution in [0.5, 0.6) is 0 Å². The van der Waals surface area contributed by atoms with Crippen molar-refractivity contribution < 1.29 is 32.3 Å². The van der Waals surface area contributed by atoms with Gasteiger partial charge in [-0.25, -0.2) is 13.2 Å². The Balaban J connectivity index is 0.000000177. The molecule has 5 aromatic carbocycles. The van der Waals surface area contributed by atoms with Crippen LogP contribution in [0.3, 0.4) is 0 Å². The van der Waals surface area contributed by atoms with E-state index in [2.05, 4.69) is 6.58 Å². The fourth-order valence-corrected chi connectivity index (χ4v) is 4.76. The summed E-state index contributed by atoms with van der Waals surface area (Å²) in [6, 6.07) is 21.1. The third-order valence-electron chi connectivity index (χ3n) is 6.84. The normalized spacial score (nSPS) is 13.1. The fraction of sp³-hybridized carbons (Fsp3) is 0. The molecule has 0 saturated heterocycles. The van der Waals surface area contributed by atoms with Crippen molar-refractivity contribution in [2.75, 3.05) is 0 Å². The maximum atomic E-state index is 13.7. The van der Waals surface area contributed by atoms with Crippen LogP contribution in [0, 0.1) is 17.5 Å². The highest BCUT2D eigenvalue weighted by atomic mass is 19.1. The lowest BCUT2D eigenvalue weighted by atomic mass is 9.79. The van der Waals surface area contributed by atoms with E-state index in [9.17, 15) is 32.3 Å². The van der Waals surface area contributed by atoms with Gasteiger partial charge in [-0.15, -0.1) is 0 Å². The molecule has 0 radical (unpaired) electrons. The Morgan fingerprint density at radius 2 is 0.860 bits per heavy atom. The number of carbonyl (C=O) groups excluding carboxylic acids is 4. The minimum atomic E-state index is -0.475. The second-order valence-corrected chi connectivity index (χ2v) is 9.59. The Morgan fingerprint density at radius 1 is 0.488 bits per heavy atom. The van der Waals surface area contributed by atoms with E-state index >= 15 is 0 Å². The summed E-state index contributed by atoms with van der Waals surface area (Å²) in [6.45, 7) is 3.54. The van der Waals surface area contributed by atoms with Crippen LogP contribution in [0.4, 0.5) is 13.2 Å². The topological polar surface area (TPSA) is 68.3 Å². The summed E-state index contributed by atoms with van der Waals surface area (Å²) in [5, 5.41) is 2.18. The summed E-state index contributed by atoms with van der Waals surface area (Å²) >= 11 is 0. The predicted molar refractivity (Wildman–Crippen MR) is 159 cm³/mol. The summed E-state index contributed by atoms with van der Waals surface area (Å²) in [6.07, 6.45) is 6.69. The Hall–Kier alpha value is -5.69. The standard InChI is InChI=1S/C22H10F2O2.C8H7F.C6H4O2/c23-13-5-1-11-3-7-15-19(17(11)9-13)21(25)16-8-4-12-2-6-14(24)10-18(12)20(16)22(15)26;1-2-7-3-5-8(9)6-4-7;7-5-1-2-6(8)4-3-5/h1-10H;2-6H,1H2;1-4H. The molecule has 0 aliphatic heterocycles. The highest BCUT2D eigenvalue weighted by Crippen LogP contribution is 2.36. The zero-order valence-corrected chi connectivity index (χ0v) is 22.4. The van der Waals surface area contributed by atoms with Gasteiger partial charge >= 0.3 is 0 Å². The van der Waals surface area contributed by atoms with Crippen molar-refractivity contribution in [1.29, 1.82) is 0 Å². The molecule has 0 heterocycles. The molecule has 0 N–H and O–H groups in total. The van der Waals surface area contributed by atoms with Crippen LogP contribution in [0.15, 0.2) is 116 Å². The van der Waals surface area contributed by atoms with Crippen molar-refractivity contribution in [3.8, 4) is 0 Å². The van der Waals surface area contributed by atoms with Crippen LogP contribution in [0.25, 0.3) is 27.6 Å². The third kappa shape index (κ3) is 6.01. The largest absolute Gasteiger partial charge is 0.290 e. The molecule has 0 fully saturated rings. The van der Waals surface area contributed by atoms with Gasteiger partial charge in [-0.3, -0.25) is 19.2 Å². The van der Waals surface area contributed by atoms with Crippen molar-refractivity contribution in [3.05, 3.63) is 161 Å². The molecule has 2 aliphatic carbocycles. The number of carbonyl (C=O) groups is 4. The maximum Gasteiger partial charge on any atom is 0.195 e. The number of halogens is 3. The van der Waals surface area contributed by atoms with E-state index in [0.717, 1.165) is 5.56 Å². The molecule has 4 nitrogen and oxygen atoms in total. The van der Waals surface area contributed by atoms with E-state index in [-0.39, 0.29) is 51.2 Å². The molecule has 0 bridgehead atoms. The van der Waals surface area contributed by atoms with Crippen molar-refractivity contribution in [3.63, 3.8) is 0 Å². The smallest absolute Gasteiger partial charge is 0.195 e. The summed E-state index contributed by atoms with van der Waals surface area (Å²) in [5.41, 5.74) is 1.79. The molecule has 0 unspecified atom stereocenters. The average molecular weight is 575 g/mol. The first-order valence-electron chi connectivity index (χ1n) is 13.0. The number of ketones is 4. The second kappa shape index (κ2) is 12.0. The van der Waals surface area contributed by atoms with Crippen LogP contribution >= 0.6 is 0 Å². The van der Waals surface area contributed by atoms with Crippen LogP contribution in [-0.4, -0.2) is 23.1 Å². The first-order valence-corrected chi connectivity index (χ1v) is 13.0. The molecular weight excluding hydrogens is 553 g/mol. The molecule has 0 saturated carbocycles.